The lowest BCUT2D eigenvalue weighted by atomic mass is 9.86. The molecule has 3 amide bonds. The summed E-state index contributed by atoms with van der Waals surface area (Å²) >= 11 is 0. The van der Waals surface area contributed by atoms with Gasteiger partial charge in [-0.15, -0.1) is 6.58 Å². The van der Waals surface area contributed by atoms with Crippen molar-refractivity contribution < 1.29 is 37.1 Å². The lowest BCUT2D eigenvalue weighted by Gasteiger charge is -2.31. The van der Waals surface area contributed by atoms with Crippen LogP contribution in [-0.2, 0) is 33.9 Å². The van der Waals surface area contributed by atoms with Crippen molar-refractivity contribution in [2.75, 3.05) is 6.54 Å². The molecule has 2 aliphatic heterocycles. The first-order chi connectivity index (χ1) is 25.5. The third kappa shape index (κ3) is 7.20. The van der Waals surface area contributed by atoms with Crippen molar-refractivity contribution in [3.63, 3.8) is 0 Å². The van der Waals surface area contributed by atoms with E-state index in [4.69, 9.17) is 9.47 Å². The first kappa shape index (κ1) is 35.8. The minimum atomic E-state index is -3.87. The second kappa shape index (κ2) is 14.2. The quantitative estimate of drug-likeness (QED) is 0.306. The van der Waals surface area contributed by atoms with Crippen molar-refractivity contribution >= 4 is 50.6 Å². The third-order valence-corrected chi connectivity index (χ3v) is 14.2. The summed E-state index contributed by atoms with van der Waals surface area (Å²) in [4.78, 5) is 62.5. The number of esters is 1. The molecule has 2 N–H and O–H groups in total. The van der Waals surface area contributed by atoms with E-state index in [1.165, 1.54) is 11.0 Å². The van der Waals surface area contributed by atoms with Crippen LogP contribution in [-0.4, -0.2) is 77.6 Å². The highest BCUT2D eigenvalue weighted by Gasteiger charge is 2.62. The van der Waals surface area contributed by atoms with Gasteiger partial charge in [0.2, 0.25) is 27.7 Å². The number of carbonyl (C=O) groups excluding carboxylic acids is 4. The Morgan fingerprint density at radius 3 is 2.55 bits per heavy atom. The number of pyridine rings is 1. The Balaban J connectivity index is 1.13. The van der Waals surface area contributed by atoms with Gasteiger partial charge in [0.25, 0.3) is 5.91 Å². The predicted molar refractivity (Wildman–Crippen MR) is 196 cm³/mol. The van der Waals surface area contributed by atoms with Gasteiger partial charge >= 0.3 is 5.97 Å². The number of carbonyl (C=O) groups is 4. The lowest BCUT2D eigenvalue weighted by molar-refractivity contribution is -0.156. The molecule has 1 aromatic heterocycles. The van der Waals surface area contributed by atoms with E-state index in [1.54, 1.807) is 6.20 Å². The maximum atomic E-state index is 14.8. The maximum Gasteiger partial charge on any atom is 0.306 e. The smallest absolute Gasteiger partial charge is 0.306 e. The van der Waals surface area contributed by atoms with E-state index in [9.17, 15) is 27.6 Å². The Kier molecular flexibility index (Phi) is 9.57. The summed E-state index contributed by atoms with van der Waals surface area (Å²) < 4.78 is 40.3. The van der Waals surface area contributed by atoms with E-state index >= 15 is 0 Å². The number of hydrogen-bond donors (Lipinski definition) is 2. The molecule has 8 rings (SSSR count). The van der Waals surface area contributed by atoms with Gasteiger partial charge < -0.3 is 19.7 Å². The normalized spacial score (nSPS) is 32.6. The molecule has 12 nitrogen and oxygen atoms in total. The number of aromatic nitrogens is 1. The second-order valence-corrected chi connectivity index (χ2v) is 17.9. The average molecular weight is 745 g/mol. The van der Waals surface area contributed by atoms with Crippen molar-refractivity contribution in [1.29, 1.82) is 0 Å². The summed E-state index contributed by atoms with van der Waals surface area (Å²) in [6.45, 7) is 3.88. The molecular weight excluding hydrogens is 697 g/mol. The molecular formula is C40H48N4O8S. The number of benzene rings is 1. The topological polar surface area (TPSA) is 161 Å². The van der Waals surface area contributed by atoms with Gasteiger partial charge in [0.1, 0.15) is 23.8 Å². The number of ether oxygens (including phenoxy) is 2. The van der Waals surface area contributed by atoms with Gasteiger partial charge in [-0.2, -0.15) is 0 Å². The summed E-state index contributed by atoms with van der Waals surface area (Å²) in [6.07, 6.45) is 14.7. The highest BCUT2D eigenvalue weighted by atomic mass is 32.2. The Hall–Kier alpha value is -4.26. The molecule has 13 heteroatoms. The lowest BCUT2D eigenvalue weighted by Crippen LogP contribution is -2.57. The standard InChI is InChI=1S/C40H48N4O8S/c1-2-28-22-40(28,39(48)43-53(49,50)30-15-16-30)42-36(46)33-20-29-23-44(33)38(47)32(25-8-3-4-9-25)21-35(45)52-34-12-6-11-27(34)10-5-7-24-13-14-26-17-18-41-37(51-29)31(26)19-24/h2,5,7,13-14,17-19,25,27-30,32-34H,1,3-4,6,8-12,15-16,20-23H2,(H,42,46)(H,43,48)/b7-5+/t27-,28+,29-,32+,33?,34-,40-/m1/s1. The minimum absolute atomic E-state index is 0.0388. The number of nitrogens with zero attached hydrogens (tertiary/aromatic N) is 2. The first-order valence-electron chi connectivity index (χ1n) is 19.3. The van der Waals surface area contributed by atoms with E-state index in [0.29, 0.717) is 18.7 Å². The van der Waals surface area contributed by atoms with E-state index in [0.717, 1.165) is 67.7 Å². The fourth-order valence-electron chi connectivity index (χ4n) is 9.14. The monoisotopic (exact) mass is 744 g/mol. The molecule has 5 fully saturated rings. The summed E-state index contributed by atoms with van der Waals surface area (Å²) in [5.41, 5.74) is -0.537. The Bertz CT molecular complexity index is 1960. The third-order valence-electron chi connectivity index (χ3n) is 12.4. The predicted octanol–water partition coefficient (Wildman–Crippen LogP) is 4.58. The fraction of sp³-hybridized carbons (Fsp3) is 0.575. The number of allylic oxidation sites excluding steroid dienone is 1. The second-order valence-electron chi connectivity index (χ2n) is 16.0. The molecule has 1 aromatic carbocycles. The zero-order chi connectivity index (χ0) is 36.9. The molecule has 3 heterocycles. The van der Waals surface area contributed by atoms with Crippen LogP contribution in [0.15, 0.2) is 49.2 Å². The number of fused-ring (bicyclic) bond motifs is 4. The Morgan fingerprint density at radius 2 is 1.79 bits per heavy atom. The SMILES string of the molecule is C=C[C@H]1C[C@]1(NC(=O)C1C[C@@H]2CN1C(=O)[C@H](C1CCCC1)CC(=O)O[C@@H]1CCC[C@H]1C/C=C/c1ccc3ccnc(c3c1)O2)C(=O)NS(=O)(=O)C1CC1. The molecule has 4 aliphatic carbocycles. The summed E-state index contributed by atoms with van der Waals surface area (Å²) in [5, 5.41) is 3.98. The van der Waals surface area contributed by atoms with Gasteiger partial charge in [-0.25, -0.2) is 13.4 Å². The van der Waals surface area contributed by atoms with Crippen molar-refractivity contribution in [2.24, 2.45) is 23.7 Å². The van der Waals surface area contributed by atoms with Crippen LogP contribution in [0.4, 0.5) is 0 Å². The highest BCUT2D eigenvalue weighted by molar-refractivity contribution is 7.91. The van der Waals surface area contributed by atoms with Crippen molar-refractivity contribution in [3.8, 4) is 5.88 Å². The van der Waals surface area contributed by atoms with Crippen molar-refractivity contribution in [3.05, 3.63) is 54.8 Å². The van der Waals surface area contributed by atoms with Crippen LogP contribution in [0.5, 0.6) is 5.88 Å². The van der Waals surface area contributed by atoms with Crippen molar-refractivity contribution in [1.82, 2.24) is 19.9 Å². The molecule has 7 atom stereocenters. The largest absolute Gasteiger partial charge is 0.472 e. The molecule has 53 heavy (non-hydrogen) atoms. The van der Waals surface area contributed by atoms with E-state index in [-0.39, 0.29) is 49.7 Å². The average Bonchev–Trinajstić information content (AvgIpc) is 3.93. The van der Waals surface area contributed by atoms with Crippen LogP contribution in [0, 0.1) is 23.7 Å². The fourth-order valence-corrected chi connectivity index (χ4v) is 10.5. The van der Waals surface area contributed by atoms with Gasteiger partial charge in [-0.05, 0) is 92.7 Å². The number of nitrogens with one attached hydrogen (secondary N) is 2. The van der Waals surface area contributed by atoms with Crippen LogP contribution >= 0.6 is 0 Å². The van der Waals surface area contributed by atoms with Crippen LogP contribution in [0.25, 0.3) is 16.8 Å². The van der Waals surface area contributed by atoms with Crippen molar-refractivity contribution in [2.45, 2.75) is 113 Å². The van der Waals surface area contributed by atoms with Gasteiger partial charge in [0.15, 0.2) is 0 Å². The van der Waals surface area contributed by atoms with Gasteiger partial charge in [0, 0.05) is 23.9 Å². The molecule has 0 radical (unpaired) electrons. The number of sulfonamides is 1. The first-order valence-corrected chi connectivity index (χ1v) is 20.8. The zero-order valence-corrected chi connectivity index (χ0v) is 30.7. The Labute approximate surface area is 310 Å². The molecule has 6 aliphatic rings. The van der Waals surface area contributed by atoms with Crippen LogP contribution < -0.4 is 14.8 Å². The minimum Gasteiger partial charge on any atom is -0.472 e. The molecule has 282 valence electrons. The van der Waals surface area contributed by atoms with Gasteiger partial charge in [-0.3, -0.25) is 23.9 Å². The van der Waals surface area contributed by atoms with Crippen LogP contribution in [0.1, 0.15) is 89.0 Å². The molecule has 0 spiro atoms. The van der Waals surface area contributed by atoms with E-state index < -0.39 is 62.6 Å². The van der Waals surface area contributed by atoms with Crippen LogP contribution in [0.2, 0.25) is 0 Å². The zero-order valence-electron chi connectivity index (χ0n) is 29.9. The summed E-state index contributed by atoms with van der Waals surface area (Å²) in [7, 11) is -3.87. The van der Waals surface area contributed by atoms with E-state index in [1.807, 2.05) is 24.3 Å². The maximum absolute atomic E-state index is 14.8. The molecule has 1 saturated heterocycles. The van der Waals surface area contributed by atoms with Gasteiger partial charge in [-0.1, -0.05) is 43.2 Å². The highest BCUT2D eigenvalue weighted by Crippen LogP contribution is 2.46. The van der Waals surface area contributed by atoms with Crippen LogP contribution in [0.3, 0.4) is 0 Å². The van der Waals surface area contributed by atoms with Gasteiger partial charge in [0.05, 0.1) is 24.1 Å². The van der Waals surface area contributed by atoms with E-state index in [2.05, 4.69) is 33.8 Å². The molecule has 4 bridgehead atoms. The molecule has 4 saturated carbocycles. The number of amides is 3. The molecule has 2 aromatic rings. The number of rotatable bonds is 7. The summed E-state index contributed by atoms with van der Waals surface area (Å²) in [6, 6.07) is 6.92. The molecule has 1 unspecified atom stereocenters. The summed E-state index contributed by atoms with van der Waals surface area (Å²) in [5.74, 6) is -2.72. The number of hydrogen-bond acceptors (Lipinski definition) is 9. The Morgan fingerprint density at radius 1 is 1.00 bits per heavy atom.